The molecule has 76 valence electrons. The van der Waals surface area contributed by atoms with Crippen molar-refractivity contribution in [1.82, 2.24) is 4.98 Å². The number of H-pyrrole nitrogens is 1. The Morgan fingerprint density at radius 2 is 2.36 bits per heavy atom. The van der Waals surface area contributed by atoms with Gasteiger partial charge in [-0.3, -0.25) is 4.79 Å². The zero-order chi connectivity index (χ0) is 10.3. The molecule has 1 aromatic heterocycles. The Kier molecular flexibility index (Phi) is 1.96. The fourth-order valence-electron chi connectivity index (χ4n) is 1.68. The van der Waals surface area contributed by atoms with Gasteiger partial charge in [0.1, 0.15) is 5.69 Å². The lowest BCUT2D eigenvalue weighted by molar-refractivity contribution is -0.0406. The Morgan fingerprint density at radius 3 is 3.00 bits per heavy atom. The lowest BCUT2D eigenvalue weighted by Crippen LogP contribution is -2.31. The normalized spacial score (nSPS) is 19.1. The molecule has 0 aliphatic carbocycles. The van der Waals surface area contributed by atoms with Crippen LogP contribution in [0.15, 0.2) is 6.07 Å². The van der Waals surface area contributed by atoms with E-state index < -0.39 is 6.04 Å². The monoisotopic (exact) mass is 197 g/mol. The summed E-state index contributed by atoms with van der Waals surface area (Å²) in [6, 6.07) is 0.101. The number of rotatable bonds is 1. The maximum Gasteiger partial charge on any atom is 0.348 e. The Labute approximate surface area is 81.3 Å². The van der Waals surface area contributed by atoms with Gasteiger partial charge in [-0.05, 0) is 25.5 Å². The molecule has 0 saturated carbocycles. The second-order valence-electron chi connectivity index (χ2n) is 4.19. The molecule has 0 spiro atoms. The molecule has 0 aromatic carbocycles. The molecule has 0 saturated heterocycles. The van der Waals surface area contributed by atoms with Crippen molar-refractivity contribution in [3.8, 4) is 0 Å². The molecular formula is C10H12FNO2. The number of fused-ring (bicyclic) bond motifs is 1. The molecule has 1 aliphatic rings. The van der Waals surface area contributed by atoms with E-state index in [4.69, 9.17) is 4.74 Å². The maximum atomic E-state index is 12.4. The first-order chi connectivity index (χ1) is 6.48. The third kappa shape index (κ3) is 1.57. The summed E-state index contributed by atoms with van der Waals surface area (Å²) in [4.78, 5) is 13.3. The third-order valence-electron chi connectivity index (χ3n) is 2.42. The van der Waals surface area contributed by atoms with Crippen LogP contribution < -0.4 is 0 Å². The van der Waals surface area contributed by atoms with Gasteiger partial charge >= 0.3 is 6.04 Å². The van der Waals surface area contributed by atoms with Gasteiger partial charge in [0.15, 0.2) is 0 Å². The Hall–Kier alpha value is -1.16. The molecule has 0 atom stereocenters. The highest BCUT2D eigenvalue weighted by atomic mass is 19.1. The molecule has 1 aromatic rings. The third-order valence-corrected chi connectivity index (χ3v) is 2.42. The number of nitrogens with one attached hydrogen (secondary N) is 1. The summed E-state index contributed by atoms with van der Waals surface area (Å²) in [5, 5.41) is 0. The predicted molar refractivity (Wildman–Crippen MR) is 48.8 cm³/mol. The van der Waals surface area contributed by atoms with E-state index in [1.165, 1.54) is 6.07 Å². The van der Waals surface area contributed by atoms with Crippen molar-refractivity contribution in [3.63, 3.8) is 0 Å². The van der Waals surface area contributed by atoms with Crippen molar-refractivity contribution < 1.29 is 13.9 Å². The van der Waals surface area contributed by atoms with E-state index in [0.717, 1.165) is 11.3 Å². The number of ether oxygens (including phenoxy) is 1. The average Bonchev–Trinajstić information content (AvgIpc) is 2.45. The van der Waals surface area contributed by atoms with E-state index in [2.05, 4.69) is 4.98 Å². The van der Waals surface area contributed by atoms with Crippen molar-refractivity contribution in [3.05, 3.63) is 23.0 Å². The van der Waals surface area contributed by atoms with Crippen LogP contribution in [0, 0.1) is 0 Å². The van der Waals surface area contributed by atoms with E-state index in [1.54, 1.807) is 0 Å². The van der Waals surface area contributed by atoms with Gasteiger partial charge in [0.05, 0.1) is 12.2 Å². The fraction of sp³-hybridized carbons (Fsp3) is 0.500. The minimum absolute atomic E-state index is 0.0244. The van der Waals surface area contributed by atoms with Crippen molar-refractivity contribution in [2.45, 2.75) is 32.5 Å². The number of aromatic nitrogens is 1. The summed E-state index contributed by atoms with van der Waals surface area (Å²) in [6.45, 7) is 4.37. The van der Waals surface area contributed by atoms with Gasteiger partial charge < -0.3 is 9.72 Å². The van der Waals surface area contributed by atoms with Crippen LogP contribution in [0.1, 0.15) is 35.6 Å². The number of halogens is 1. The lowest BCUT2D eigenvalue weighted by atomic mass is 9.97. The van der Waals surface area contributed by atoms with E-state index in [0.29, 0.717) is 13.0 Å². The quantitative estimate of drug-likeness (QED) is 0.699. The number of hydrogen-bond donors (Lipinski definition) is 1. The number of carbonyl (C=O) groups is 1. The second-order valence-corrected chi connectivity index (χ2v) is 4.19. The zero-order valence-electron chi connectivity index (χ0n) is 8.19. The zero-order valence-corrected chi connectivity index (χ0v) is 8.19. The molecule has 0 bridgehead atoms. The topological polar surface area (TPSA) is 42.1 Å². The molecule has 4 heteroatoms. The first-order valence-electron chi connectivity index (χ1n) is 4.52. The number of carbonyl (C=O) groups excluding carboxylic acids is 1. The first-order valence-corrected chi connectivity index (χ1v) is 4.52. The van der Waals surface area contributed by atoms with Crippen molar-refractivity contribution in [2.75, 3.05) is 0 Å². The van der Waals surface area contributed by atoms with Crippen molar-refractivity contribution in [2.24, 2.45) is 0 Å². The highest BCUT2D eigenvalue weighted by Crippen LogP contribution is 2.27. The first kappa shape index (κ1) is 9.40. The lowest BCUT2D eigenvalue weighted by Gasteiger charge is -2.29. The molecule has 1 aliphatic heterocycles. The molecule has 14 heavy (non-hydrogen) atoms. The van der Waals surface area contributed by atoms with Crippen LogP contribution in [0.5, 0.6) is 0 Å². The van der Waals surface area contributed by atoms with Gasteiger partial charge in [-0.1, -0.05) is 0 Å². The van der Waals surface area contributed by atoms with Crippen LogP contribution in [0.2, 0.25) is 0 Å². The van der Waals surface area contributed by atoms with Crippen molar-refractivity contribution in [1.29, 1.82) is 0 Å². The van der Waals surface area contributed by atoms with E-state index >= 15 is 0 Å². The van der Waals surface area contributed by atoms with E-state index in [9.17, 15) is 9.18 Å². The second kappa shape index (κ2) is 2.92. The average molecular weight is 197 g/mol. The summed E-state index contributed by atoms with van der Waals surface area (Å²) >= 11 is 0. The summed E-state index contributed by atoms with van der Waals surface area (Å²) in [6.07, 6.45) is 0.676. The maximum absolute atomic E-state index is 12.4. The Balaban J connectivity index is 2.34. The van der Waals surface area contributed by atoms with Gasteiger partial charge in [0.2, 0.25) is 0 Å². The van der Waals surface area contributed by atoms with Crippen LogP contribution in [0.3, 0.4) is 0 Å². The molecular weight excluding hydrogens is 185 g/mol. The molecule has 0 amide bonds. The van der Waals surface area contributed by atoms with Gasteiger partial charge in [-0.2, -0.15) is 4.39 Å². The van der Waals surface area contributed by atoms with Crippen LogP contribution in [0.25, 0.3) is 0 Å². The summed E-state index contributed by atoms with van der Waals surface area (Å²) < 4.78 is 17.9. The standard InChI is InChI=1S/C10H12FNO2/c1-10(2)4-8-6(5-14-10)3-7(12-8)9(11)13/h3,12H,4-5H2,1-2H3. The molecule has 2 rings (SSSR count). The number of aromatic amines is 1. The van der Waals surface area contributed by atoms with Crippen LogP contribution in [-0.4, -0.2) is 16.6 Å². The SMILES string of the molecule is CC1(C)Cc2[nH]c(C(=O)F)cc2CO1. The largest absolute Gasteiger partial charge is 0.370 e. The summed E-state index contributed by atoms with van der Waals surface area (Å²) in [5.41, 5.74) is 1.57. The minimum Gasteiger partial charge on any atom is -0.370 e. The fourth-order valence-corrected chi connectivity index (χ4v) is 1.68. The molecule has 2 heterocycles. The molecule has 0 radical (unpaired) electrons. The summed E-state index contributed by atoms with van der Waals surface area (Å²) in [7, 11) is 0. The van der Waals surface area contributed by atoms with Crippen LogP contribution in [0.4, 0.5) is 4.39 Å². The van der Waals surface area contributed by atoms with Gasteiger partial charge in [-0.15, -0.1) is 0 Å². The molecule has 0 fully saturated rings. The highest BCUT2D eigenvalue weighted by molar-refractivity contribution is 5.86. The van der Waals surface area contributed by atoms with E-state index in [-0.39, 0.29) is 11.3 Å². The molecule has 3 nitrogen and oxygen atoms in total. The molecule has 1 N–H and O–H groups in total. The van der Waals surface area contributed by atoms with Gasteiger partial charge in [0, 0.05) is 12.1 Å². The van der Waals surface area contributed by atoms with Gasteiger partial charge in [-0.25, -0.2) is 0 Å². The molecule has 0 unspecified atom stereocenters. The van der Waals surface area contributed by atoms with E-state index in [1.807, 2.05) is 13.8 Å². The minimum atomic E-state index is -1.42. The van der Waals surface area contributed by atoms with Crippen LogP contribution in [-0.2, 0) is 17.8 Å². The Morgan fingerprint density at radius 1 is 1.64 bits per heavy atom. The summed E-state index contributed by atoms with van der Waals surface area (Å²) in [5.74, 6) is 0. The predicted octanol–water partition coefficient (Wildman–Crippen LogP) is 1.98. The van der Waals surface area contributed by atoms with Crippen molar-refractivity contribution >= 4 is 6.04 Å². The Bertz CT molecular complexity index is 381. The highest BCUT2D eigenvalue weighted by Gasteiger charge is 2.28. The smallest absolute Gasteiger partial charge is 0.348 e. The number of hydrogen-bond acceptors (Lipinski definition) is 2. The van der Waals surface area contributed by atoms with Gasteiger partial charge in [0.25, 0.3) is 0 Å². The van der Waals surface area contributed by atoms with Crippen LogP contribution >= 0.6 is 0 Å².